The van der Waals surface area contributed by atoms with E-state index in [2.05, 4.69) is 17.4 Å². The summed E-state index contributed by atoms with van der Waals surface area (Å²) >= 11 is 5.97. The molecule has 7 nitrogen and oxygen atoms in total. The molecule has 2 amide bonds. The van der Waals surface area contributed by atoms with Gasteiger partial charge in [0.05, 0.1) is 18.2 Å². The van der Waals surface area contributed by atoms with Crippen molar-refractivity contribution in [2.24, 2.45) is 5.41 Å². The molecule has 0 radical (unpaired) electrons. The van der Waals surface area contributed by atoms with Crippen LogP contribution in [0.1, 0.15) is 43.7 Å². The van der Waals surface area contributed by atoms with Crippen LogP contribution in [0.4, 0.5) is 4.79 Å². The Morgan fingerprint density at radius 3 is 2.62 bits per heavy atom. The molecule has 1 aromatic carbocycles. The van der Waals surface area contributed by atoms with E-state index in [1.165, 1.54) is 6.07 Å². The van der Waals surface area contributed by atoms with E-state index in [1.807, 2.05) is 28.0 Å². The number of halogens is 1. The van der Waals surface area contributed by atoms with Crippen LogP contribution in [0.25, 0.3) is 0 Å². The molecule has 3 heterocycles. The van der Waals surface area contributed by atoms with E-state index in [0.29, 0.717) is 31.1 Å². The average molecular weight is 485 g/mol. The fourth-order valence-corrected chi connectivity index (χ4v) is 6.40. The number of nitrogens with zero attached hydrogens (tertiary/aromatic N) is 3. The monoisotopic (exact) mass is 484 g/mol. The second kappa shape index (κ2) is 9.36. The summed E-state index contributed by atoms with van der Waals surface area (Å²) in [5.41, 5.74) is -0.524. The van der Waals surface area contributed by atoms with Crippen molar-refractivity contribution < 1.29 is 9.90 Å². The molecule has 0 unspecified atom stereocenters. The van der Waals surface area contributed by atoms with Crippen LogP contribution in [-0.4, -0.2) is 63.8 Å². The minimum Gasteiger partial charge on any atom is -0.387 e. The Morgan fingerprint density at radius 1 is 1.12 bits per heavy atom. The molecule has 1 aliphatic carbocycles. The molecule has 0 bridgehead atoms. The molecule has 3 fully saturated rings. The van der Waals surface area contributed by atoms with Crippen LogP contribution in [0.5, 0.6) is 0 Å². The number of piperazine rings is 1. The fourth-order valence-electron chi connectivity index (χ4n) is 6.25. The molecule has 2 aliphatic heterocycles. The molecule has 182 valence electrons. The molecule has 1 aromatic heterocycles. The molecule has 2 saturated heterocycles. The predicted octanol–water partition coefficient (Wildman–Crippen LogP) is 3.27. The third-order valence-corrected chi connectivity index (χ3v) is 8.41. The highest BCUT2D eigenvalue weighted by atomic mass is 35.5. The maximum Gasteiger partial charge on any atom is 0.320 e. The van der Waals surface area contributed by atoms with Crippen molar-refractivity contribution in [3.05, 3.63) is 69.6 Å². The minimum absolute atomic E-state index is 0.00423. The normalized spacial score (nSPS) is 26.7. The van der Waals surface area contributed by atoms with Gasteiger partial charge in [0, 0.05) is 55.4 Å². The maximum atomic E-state index is 13.8. The number of rotatable bonds is 3. The van der Waals surface area contributed by atoms with Crippen LogP contribution in [0.2, 0.25) is 5.02 Å². The van der Waals surface area contributed by atoms with E-state index in [9.17, 15) is 14.7 Å². The Labute approximate surface area is 205 Å². The summed E-state index contributed by atoms with van der Waals surface area (Å²) in [6.07, 6.45) is 5.89. The summed E-state index contributed by atoms with van der Waals surface area (Å²) in [5.74, 6) is 0. The highest BCUT2D eigenvalue weighted by molar-refractivity contribution is 6.30. The number of benzene rings is 1. The number of piperidine rings is 1. The van der Waals surface area contributed by atoms with Crippen molar-refractivity contribution in [3.63, 3.8) is 0 Å². The van der Waals surface area contributed by atoms with Crippen molar-refractivity contribution in [3.8, 4) is 0 Å². The molecule has 8 heteroatoms. The Kier molecular flexibility index (Phi) is 6.44. The Balaban J connectivity index is 1.38. The van der Waals surface area contributed by atoms with E-state index in [1.54, 1.807) is 16.8 Å². The summed E-state index contributed by atoms with van der Waals surface area (Å²) in [6, 6.07) is 13.3. The zero-order valence-electron chi connectivity index (χ0n) is 19.5. The lowest BCUT2D eigenvalue weighted by Gasteiger charge is -2.53. The number of carbonyl (C=O) groups is 1. The van der Waals surface area contributed by atoms with E-state index in [-0.39, 0.29) is 24.2 Å². The minimum atomic E-state index is -1.04. The molecule has 2 N–H and O–H groups in total. The first-order valence-corrected chi connectivity index (χ1v) is 12.7. The van der Waals surface area contributed by atoms with Crippen molar-refractivity contribution >= 4 is 17.6 Å². The van der Waals surface area contributed by atoms with Gasteiger partial charge in [0.1, 0.15) is 0 Å². The Bertz CT molecular complexity index is 1080. The van der Waals surface area contributed by atoms with Gasteiger partial charge in [-0.2, -0.15) is 0 Å². The summed E-state index contributed by atoms with van der Waals surface area (Å²) in [5, 5.41) is 15.8. The number of hydrogen-bond donors (Lipinski definition) is 2. The smallest absolute Gasteiger partial charge is 0.320 e. The molecular weight excluding hydrogens is 452 g/mol. The van der Waals surface area contributed by atoms with E-state index >= 15 is 0 Å². The highest BCUT2D eigenvalue weighted by Crippen LogP contribution is 2.51. The van der Waals surface area contributed by atoms with Crippen LogP contribution < -0.4 is 10.9 Å². The number of carbonyl (C=O) groups excluding carboxylic acids is 1. The summed E-state index contributed by atoms with van der Waals surface area (Å²) < 4.78 is 1.56. The van der Waals surface area contributed by atoms with Crippen molar-refractivity contribution in [1.29, 1.82) is 0 Å². The number of hydrogen-bond acceptors (Lipinski definition) is 4. The van der Waals surface area contributed by atoms with Crippen molar-refractivity contribution in [2.45, 2.75) is 50.3 Å². The van der Waals surface area contributed by atoms with Crippen LogP contribution in [-0.2, 0) is 6.54 Å². The highest BCUT2D eigenvalue weighted by Gasteiger charge is 2.56. The number of aliphatic hydroxyl groups is 1. The lowest BCUT2D eigenvalue weighted by Crippen LogP contribution is -2.64. The van der Waals surface area contributed by atoms with Crippen LogP contribution >= 0.6 is 11.6 Å². The Morgan fingerprint density at radius 2 is 1.88 bits per heavy atom. The fraction of sp³-hybridized carbons (Fsp3) is 0.538. The number of amides is 2. The van der Waals surface area contributed by atoms with Gasteiger partial charge in [-0.3, -0.25) is 4.79 Å². The van der Waals surface area contributed by atoms with Gasteiger partial charge in [0.25, 0.3) is 5.56 Å². The van der Waals surface area contributed by atoms with Gasteiger partial charge in [-0.1, -0.05) is 54.8 Å². The van der Waals surface area contributed by atoms with Crippen LogP contribution in [0.15, 0.2) is 53.5 Å². The molecule has 1 saturated carbocycles. The molecule has 34 heavy (non-hydrogen) atoms. The first-order chi connectivity index (χ1) is 16.4. The number of pyridine rings is 1. The van der Waals surface area contributed by atoms with Crippen molar-refractivity contribution in [2.75, 3.05) is 32.7 Å². The zero-order valence-corrected chi connectivity index (χ0v) is 20.2. The maximum absolute atomic E-state index is 13.8. The summed E-state index contributed by atoms with van der Waals surface area (Å²) in [7, 11) is 0. The lowest BCUT2D eigenvalue weighted by molar-refractivity contribution is -0.136. The molecule has 5 rings (SSSR count). The molecular formula is C26H33ClN4O3. The van der Waals surface area contributed by atoms with Gasteiger partial charge >= 0.3 is 6.03 Å². The van der Waals surface area contributed by atoms with Gasteiger partial charge in [-0.05, 0) is 30.9 Å². The predicted molar refractivity (Wildman–Crippen MR) is 132 cm³/mol. The quantitative estimate of drug-likeness (QED) is 0.701. The lowest BCUT2D eigenvalue weighted by atomic mass is 9.66. The van der Waals surface area contributed by atoms with Crippen LogP contribution in [0.3, 0.4) is 0 Å². The van der Waals surface area contributed by atoms with Gasteiger partial charge in [0.15, 0.2) is 0 Å². The average Bonchev–Trinajstić information content (AvgIpc) is 3.33. The molecule has 1 spiro atoms. The topological polar surface area (TPSA) is 77.8 Å². The van der Waals surface area contributed by atoms with E-state index in [0.717, 1.165) is 44.3 Å². The molecule has 2 atom stereocenters. The van der Waals surface area contributed by atoms with E-state index in [4.69, 9.17) is 11.6 Å². The van der Waals surface area contributed by atoms with Gasteiger partial charge in [0.2, 0.25) is 0 Å². The molecule has 2 aromatic rings. The first-order valence-electron chi connectivity index (χ1n) is 12.3. The van der Waals surface area contributed by atoms with Gasteiger partial charge < -0.3 is 24.8 Å². The number of aromatic nitrogens is 1. The standard InChI is InChI=1S/C26H33ClN4O3/c27-21-8-13-29(23(32)16-21)19-26(34)11-14-30(18-25(26)9-4-5-10-25)24(33)31-15-12-28-17-22(31)20-6-2-1-3-7-20/h1-3,6-8,13,16,22,28,34H,4-5,9-12,14-15,17-19H2/t22-,26+/m0/s1. The van der Waals surface area contributed by atoms with Gasteiger partial charge in [-0.15, -0.1) is 0 Å². The third-order valence-electron chi connectivity index (χ3n) is 8.17. The first kappa shape index (κ1) is 23.4. The number of nitrogens with one attached hydrogen (secondary N) is 1. The SMILES string of the molecule is O=C(N1CC[C@@](O)(Cn2ccc(Cl)cc2=O)C2(CCCC2)C1)N1CCNC[C@H]1c1ccccc1. The third kappa shape index (κ3) is 4.25. The second-order valence-corrected chi connectivity index (χ2v) is 10.5. The largest absolute Gasteiger partial charge is 0.387 e. The van der Waals surface area contributed by atoms with Gasteiger partial charge in [-0.25, -0.2) is 4.79 Å². The summed E-state index contributed by atoms with van der Waals surface area (Å²) in [4.78, 5) is 30.2. The Hall–Kier alpha value is -2.35. The second-order valence-electron chi connectivity index (χ2n) is 10.1. The number of urea groups is 1. The van der Waals surface area contributed by atoms with E-state index < -0.39 is 11.0 Å². The number of likely N-dealkylation sites (tertiary alicyclic amines) is 1. The summed E-state index contributed by atoms with van der Waals surface area (Å²) in [6.45, 7) is 3.40. The zero-order chi connectivity index (χ0) is 23.8. The molecule has 3 aliphatic rings. The van der Waals surface area contributed by atoms with Crippen molar-refractivity contribution in [1.82, 2.24) is 19.7 Å². The van der Waals surface area contributed by atoms with Crippen LogP contribution in [0, 0.1) is 5.41 Å².